The summed E-state index contributed by atoms with van der Waals surface area (Å²) in [6.45, 7) is 3.42. The van der Waals surface area contributed by atoms with Crippen molar-refractivity contribution in [1.82, 2.24) is 25.5 Å². The number of nitrogens with zero attached hydrogens (tertiary/aromatic N) is 2. The Morgan fingerprint density at radius 3 is 2.93 bits per heavy atom. The Labute approximate surface area is 170 Å². The number of hydrogen-bond acceptors (Lipinski definition) is 5. The molecule has 3 N–H and O–H groups in total. The summed E-state index contributed by atoms with van der Waals surface area (Å²) in [6.07, 6.45) is 0.678. The molecule has 1 aliphatic heterocycles. The van der Waals surface area contributed by atoms with E-state index in [4.69, 9.17) is 4.74 Å². The minimum absolute atomic E-state index is 0.0305. The first-order valence-electron chi connectivity index (χ1n) is 10.0. The van der Waals surface area contributed by atoms with Gasteiger partial charge >= 0.3 is 0 Å². The van der Waals surface area contributed by atoms with E-state index in [9.17, 15) is 4.79 Å². The Kier molecular flexibility index (Phi) is 6.07. The Morgan fingerprint density at radius 2 is 2.07 bits per heavy atom. The Bertz CT molecular complexity index is 938. The first-order chi connectivity index (χ1) is 14.2. The van der Waals surface area contributed by atoms with E-state index in [1.807, 2.05) is 42.5 Å². The van der Waals surface area contributed by atoms with Crippen molar-refractivity contribution in [3.05, 3.63) is 59.9 Å². The van der Waals surface area contributed by atoms with Gasteiger partial charge in [-0.15, -0.1) is 0 Å². The number of hydrogen-bond donors (Lipinski definition) is 3. The van der Waals surface area contributed by atoms with Gasteiger partial charge in [-0.2, -0.15) is 0 Å². The van der Waals surface area contributed by atoms with E-state index in [1.54, 1.807) is 7.11 Å². The van der Waals surface area contributed by atoms with E-state index in [1.165, 1.54) is 0 Å². The molecule has 0 spiro atoms. The van der Waals surface area contributed by atoms with Gasteiger partial charge in [-0.1, -0.05) is 30.3 Å². The van der Waals surface area contributed by atoms with Crippen LogP contribution in [0.15, 0.2) is 48.5 Å². The van der Waals surface area contributed by atoms with E-state index in [-0.39, 0.29) is 11.9 Å². The summed E-state index contributed by atoms with van der Waals surface area (Å²) in [5, 5.41) is 6.46. The molecule has 3 aromatic rings. The number of methoxy groups -OCH3 is 1. The number of rotatable bonds is 7. The number of ether oxygens (including phenoxy) is 1. The highest BCUT2D eigenvalue weighted by atomic mass is 16.5. The number of carbonyl (C=O) groups is 1. The molecule has 152 valence electrons. The van der Waals surface area contributed by atoms with E-state index < -0.39 is 0 Å². The van der Waals surface area contributed by atoms with E-state index in [0.29, 0.717) is 19.5 Å². The van der Waals surface area contributed by atoms with Crippen LogP contribution < -0.4 is 15.4 Å². The number of amides is 1. The summed E-state index contributed by atoms with van der Waals surface area (Å²) in [4.78, 5) is 22.6. The lowest BCUT2D eigenvalue weighted by molar-refractivity contribution is -0.123. The number of fused-ring (bicyclic) bond motifs is 1. The van der Waals surface area contributed by atoms with Crippen molar-refractivity contribution in [3.63, 3.8) is 0 Å². The van der Waals surface area contributed by atoms with Crippen LogP contribution in [0.4, 0.5) is 0 Å². The van der Waals surface area contributed by atoms with Crippen LogP contribution in [-0.2, 0) is 11.2 Å². The largest absolute Gasteiger partial charge is 0.496 e. The number of benzene rings is 2. The summed E-state index contributed by atoms with van der Waals surface area (Å²) in [6, 6.07) is 16.1. The highest BCUT2D eigenvalue weighted by Gasteiger charge is 2.27. The molecule has 2 aromatic carbocycles. The van der Waals surface area contributed by atoms with E-state index >= 15 is 0 Å². The van der Waals surface area contributed by atoms with Crippen molar-refractivity contribution in [2.75, 3.05) is 39.8 Å². The molecule has 0 aliphatic carbocycles. The molecule has 1 saturated heterocycles. The van der Waals surface area contributed by atoms with Gasteiger partial charge in [0, 0.05) is 38.2 Å². The molecular weight excluding hydrogens is 366 g/mol. The number of H-pyrrole nitrogens is 1. The zero-order chi connectivity index (χ0) is 20.1. The highest BCUT2D eigenvalue weighted by molar-refractivity contribution is 5.78. The summed E-state index contributed by atoms with van der Waals surface area (Å²) >= 11 is 0. The summed E-state index contributed by atoms with van der Waals surface area (Å²) in [5.74, 6) is 1.78. The lowest BCUT2D eigenvalue weighted by atomic mass is 10.0. The molecule has 0 saturated carbocycles. The summed E-state index contributed by atoms with van der Waals surface area (Å²) in [7, 11) is 1.68. The van der Waals surface area contributed by atoms with Crippen LogP contribution in [0.1, 0.15) is 17.4 Å². The van der Waals surface area contributed by atoms with Gasteiger partial charge in [-0.3, -0.25) is 9.69 Å². The number of carbonyl (C=O) groups excluding carboxylic acids is 1. The van der Waals surface area contributed by atoms with Gasteiger partial charge in [0.1, 0.15) is 11.6 Å². The average Bonchev–Trinajstić information content (AvgIpc) is 3.17. The zero-order valence-electron chi connectivity index (χ0n) is 16.6. The molecule has 4 rings (SSSR count). The second-order valence-electron chi connectivity index (χ2n) is 7.23. The van der Waals surface area contributed by atoms with Crippen molar-refractivity contribution in [2.45, 2.75) is 12.5 Å². The molecule has 0 bridgehead atoms. The fourth-order valence-corrected chi connectivity index (χ4v) is 3.87. The molecule has 1 fully saturated rings. The first kappa shape index (κ1) is 19.4. The molecule has 0 radical (unpaired) electrons. The second kappa shape index (κ2) is 9.07. The van der Waals surface area contributed by atoms with Crippen molar-refractivity contribution >= 4 is 16.9 Å². The van der Waals surface area contributed by atoms with Crippen LogP contribution in [-0.4, -0.2) is 60.6 Å². The van der Waals surface area contributed by atoms with E-state index in [2.05, 4.69) is 31.6 Å². The third-order valence-electron chi connectivity index (χ3n) is 5.32. The molecule has 1 aliphatic rings. The maximum Gasteiger partial charge on any atom is 0.234 e. The van der Waals surface area contributed by atoms with E-state index in [0.717, 1.165) is 47.8 Å². The van der Waals surface area contributed by atoms with Gasteiger partial charge < -0.3 is 20.4 Å². The molecule has 1 amide bonds. The number of piperazine rings is 1. The van der Waals surface area contributed by atoms with Crippen molar-refractivity contribution in [1.29, 1.82) is 0 Å². The average molecular weight is 393 g/mol. The second-order valence-corrected chi connectivity index (χ2v) is 7.23. The van der Waals surface area contributed by atoms with Crippen molar-refractivity contribution in [3.8, 4) is 5.75 Å². The topological polar surface area (TPSA) is 82.3 Å². The Hall–Kier alpha value is -2.90. The maximum absolute atomic E-state index is 12.6. The van der Waals surface area contributed by atoms with Gasteiger partial charge in [0.05, 0.1) is 30.7 Å². The molecule has 1 aromatic heterocycles. The third kappa shape index (κ3) is 4.58. The number of aromatic nitrogens is 2. The SMILES string of the molecule is COc1ccccc1C1CNCCN1CC(=O)NCCc1nc2ccccc2[nH]1. The van der Waals surface area contributed by atoms with Crippen molar-refractivity contribution < 1.29 is 9.53 Å². The summed E-state index contributed by atoms with van der Waals surface area (Å²) < 4.78 is 5.53. The lowest BCUT2D eigenvalue weighted by Gasteiger charge is -2.36. The molecule has 1 atom stereocenters. The fraction of sp³-hybridized carbons (Fsp3) is 0.364. The van der Waals surface area contributed by atoms with Crippen LogP contribution >= 0.6 is 0 Å². The van der Waals surface area contributed by atoms with Crippen LogP contribution in [0.5, 0.6) is 5.75 Å². The van der Waals surface area contributed by atoms with Gasteiger partial charge in [-0.05, 0) is 18.2 Å². The quantitative estimate of drug-likeness (QED) is 0.571. The molecule has 7 heteroatoms. The zero-order valence-corrected chi connectivity index (χ0v) is 16.6. The van der Waals surface area contributed by atoms with Crippen molar-refractivity contribution in [2.24, 2.45) is 0 Å². The Balaban J connectivity index is 1.33. The first-order valence-corrected chi connectivity index (χ1v) is 10.0. The van der Waals surface area contributed by atoms with Gasteiger partial charge in [-0.25, -0.2) is 4.98 Å². The number of aromatic amines is 1. The normalized spacial score (nSPS) is 17.3. The number of nitrogens with one attached hydrogen (secondary N) is 3. The van der Waals surface area contributed by atoms with Gasteiger partial charge in [0.15, 0.2) is 0 Å². The molecular formula is C22H27N5O2. The van der Waals surface area contributed by atoms with Crippen LogP contribution in [0.3, 0.4) is 0 Å². The maximum atomic E-state index is 12.6. The lowest BCUT2D eigenvalue weighted by Crippen LogP contribution is -2.49. The standard InChI is InChI=1S/C22H27N5O2/c1-29-20-9-5-2-6-16(20)19-14-23-12-13-27(19)15-22(28)24-11-10-21-25-17-7-3-4-8-18(17)26-21/h2-9,19,23H,10-15H2,1H3,(H,24,28)(H,25,26). The van der Waals surface area contributed by atoms with Gasteiger partial charge in [0.25, 0.3) is 0 Å². The summed E-state index contributed by atoms with van der Waals surface area (Å²) in [5.41, 5.74) is 3.08. The minimum atomic E-state index is 0.0305. The van der Waals surface area contributed by atoms with Crippen LogP contribution in [0.25, 0.3) is 11.0 Å². The van der Waals surface area contributed by atoms with Crippen LogP contribution in [0, 0.1) is 0 Å². The smallest absolute Gasteiger partial charge is 0.234 e. The predicted molar refractivity (Wildman–Crippen MR) is 113 cm³/mol. The van der Waals surface area contributed by atoms with Crippen LogP contribution in [0.2, 0.25) is 0 Å². The third-order valence-corrected chi connectivity index (χ3v) is 5.32. The monoisotopic (exact) mass is 393 g/mol. The molecule has 7 nitrogen and oxygen atoms in total. The molecule has 1 unspecified atom stereocenters. The number of imidazole rings is 1. The molecule has 29 heavy (non-hydrogen) atoms. The fourth-order valence-electron chi connectivity index (χ4n) is 3.87. The van der Waals surface area contributed by atoms with Gasteiger partial charge in [0.2, 0.25) is 5.91 Å². The minimum Gasteiger partial charge on any atom is -0.496 e. The Morgan fingerprint density at radius 1 is 1.24 bits per heavy atom. The molecule has 2 heterocycles. The number of para-hydroxylation sites is 3. The highest BCUT2D eigenvalue weighted by Crippen LogP contribution is 2.29. The predicted octanol–water partition coefficient (Wildman–Crippen LogP) is 1.88.